The van der Waals surface area contributed by atoms with Gasteiger partial charge < -0.3 is 10.2 Å². The topological polar surface area (TPSA) is 40.5 Å². The molecule has 4 rings (SSSR count). The summed E-state index contributed by atoms with van der Waals surface area (Å²) in [6, 6.07) is 0. The fraction of sp³-hybridized carbons (Fsp3) is 0.923. The van der Waals surface area contributed by atoms with E-state index in [1.165, 1.54) is 51.4 Å². The molecule has 0 aromatic carbocycles. The normalized spacial score (nSPS) is 46.5. The number of allylic oxidation sites excluding steroid dienone is 1. The summed E-state index contributed by atoms with van der Waals surface area (Å²) in [6.07, 6.45) is 15.9. The Balaban J connectivity index is 1.45. The van der Waals surface area contributed by atoms with E-state index in [1.807, 2.05) is 0 Å². The number of fused-ring (bicyclic) bond motifs is 5. The van der Waals surface area contributed by atoms with Crippen molar-refractivity contribution in [1.29, 1.82) is 0 Å². The molecule has 160 valence electrons. The second kappa shape index (κ2) is 7.73. The first kappa shape index (κ1) is 20.9. The van der Waals surface area contributed by atoms with Gasteiger partial charge in [0.1, 0.15) is 0 Å². The lowest BCUT2D eigenvalue weighted by Gasteiger charge is -2.58. The molecule has 0 aromatic heterocycles. The smallest absolute Gasteiger partial charge is 0.0577 e. The maximum atomic E-state index is 10.2. The third-order valence-electron chi connectivity index (χ3n) is 10.1. The molecule has 8 atom stereocenters. The minimum Gasteiger partial charge on any atom is -0.393 e. The van der Waals surface area contributed by atoms with Crippen LogP contribution in [0.2, 0.25) is 0 Å². The molecule has 4 aliphatic carbocycles. The van der Waals surface area contributed by atoms with Crippen molar-refractivity contribution in [3.63, 3.8) is 0 Å². The van der Waals surface area contributed by atoms with E-state index in [0.717, 1.165) is 42.9 Å². The number of aliphatic hydroxyl groups is 2. The van der Waals surface area contributed by atoms with Gasteiger partial charge in [0.2, 0.25) is 0 Å². The highest BCUT2D eigenvalue weighted by Crippen LogP contribution is 2.66. The monoisotopic (exact) mass is 388 g/mol. The molecule has 2 N–H and O–H groups in total. The van der Waals surface area contributed by atoms with E-state index in [9.17, 15) is 10.2 Å². The lowest BCUT2D eigenvalue weighted by atomic mass is 9.47. The molecule has 2 heteroatoms. The highest BCUT2D eigenvalue weighted by atomic mass is 16.3. The largest absolute Gasteiger partial charge is 0.393 e. The first-order valence-corrected chi connectivity index (χ1v) is 12.3. The van der Waals surface area contributed by atoms with Crippen LogP contribution in [0.3, 0.4) is 0 Å². The minimum atomic E-state index is -0.121. The average Bonchev–Trinajstić information content (AvgIpc) is 2.99. The van der Waals surface area contributed by atoms with Crippen LogP contribution in [0.4, 0.5) is 0 Å². The molecule has 0 amide bonds. The van der Waals surface area contributed by atoms with Crippen molar-refractivity contribution in [3.8, 4) is 0 Å². The average molecular weight is 389 g/mol. The van der Waals surface area contributed by atoms with E-state index in [-0.39, 0.29) is 12.2 Å². The maximum absolute atomic E-state index is 10.2. The van der Waals surface area contributed by atoms with Crippen molar-refractivity contribution in [1.82, 2.24) is 0 Å². The van der Waals surface area contributed by atoms with Crippen LogP contribution in [0, 0.1) is 40.4 Å². The van der Waals surface area contributed by atoms with Gasteiger partial charge in [0.15, 0.2) is 0 Å². The van der Waals surface area contributed by atoms with Gasteiger partial charge in [-0.15, -0.1) is 0 Å². The first-order chi connectivity index (χ1) is 13.3. The maximum Gasteiger partial charge on any atom is 0.0577 e. The van der Waals surface area contributed by atoms with Crippen LogP contribution in [-0.4, -0.2) is 22.4 Å². The fourth-order valence-corrected chi connectivity index (χ4v) is 8.13. The molecular weight excluding hydrogens is 344 g/mol. The molecule has 0 saturated heterocycles. The Morgan fingerprint density at radius 1 is 1.07 bits per heavy atom. The van der Waals surface area contributed by atoms with Gasteiger partial charge in [0.05, 0.1) is 12.2 Å². The zero-order valence-electron chi connectivity index (χ0n) is 18.8. The molecule has 0 aliphatic heterocycles. The summed E-state index contributed by atoms with van der Waals surface area (Å²) in [4.78, 5) is 0. The first-order valence-electron chi connectivity index (χ1n) is 12.3. The molecule has 0 bridgehead atoms. The molecule has 3 saturated carbocycles. The highest BCUT2D eigenvalue weighted by Gasteiger charge is 2.58. The lowest BCUT2D eigenvalue weighted by Crippen LogP contribution is -2.50. The van der Waals surface area contributed by atoms with Crippen LogP contribution in [0.15, 0.2) is 11.6 Å². The van der Waals surface area contributed by atoms with Crippen LogP contribution in [0.1, 0.15) is 98.3 Å². The van der Waals surface area contributed by atoms with Crippen molar-refractivity contribution in [2.45, 2.75) is 111 Å². The van der Waals surface area contributed by atoms with Crippen molar-refractivity contribution >= 4 is 0 Å². The molecular formula is C26H44O2. The van der Waals surface area contributed by atoms with Gasteiger partial charge in [0, 0.05) is 0 Å². The third kappa shape index (κ3) is 3.41. The molecule has 3 fully saturated rings. The summed E-state index contributed by atoms with van der Waals surface area (Å²) in [5.74, 6) is 3.87. The summed E-state index contributed by atoms with van der Waals surface area (Å²) >= 11 is 0. The minimum absolute atomic E-state index is 0.0956. The molecule has 2 nitrogen and oxygen atoms in total. The van der Waals surface area contributed by atoms with Gasteiger partial charge in [-0.05, 0) is 105 Å². The number of aliphatic hydroxyl groups excluding tert-OH is 2. The standard InChI is InChI=1S/C26H44O2/c1-17(2)24(28)7-5-6-18-9-11-22-21-10-8-19-16-20(27)12-14-26(19,4)23(21)13-15-25(18,22)3/h8,17-18,20-24,27-28H,5-7,9-16H2,1-4H3/t18-,20-,21-,22?,23?,24+,25+,26?/m0/s1. The number of rotatable bonds is 5. The number of hydrogen-bond acceptors (Lipinski definition) is 2. The SMILES string of the molecule is CC(C)[C@H](O)CCC[C@H]1CCC2[C@@H]3CC=C4C[C@@H](O)CCC4(C)C3CC[C@@]21C. The van der Waals surface area contributed by atoms with E-state index in [4.69, 9.17) is 0 Å². The van der Waals surface area contributed by atoms with Crippen molar-refractivity contribution < 1.29 is 10.2 Å². The summed E-state index contributed by atoms with van der Waals surface area (Å²) < 4.78 is 0. The molecule has 3 unspecified atom stereocenters. The van der Waals surface area contributed by atoms with Crippen LogP contribution < -0.4 is 0 Å². The Bertz CT molecular complexity index is 595. The van der Waals surface area contributed by atoms with Crippen molar-refractivity contribution in [2.75, 3.05) is 0 Å². The number of hydrogen-bond donors (Lipinski definition) is 2. The molecule has 0 aromatic rings. The summed E-state index contributed by atoms with van der Waals surface area (Å²) in [5, 5.41) is 20.4. The van der Waals surface area contributed by atoms with Crippen LogP contribution in [0.5, 0.6) is 0 Å². The van der Waals surface area contributed by atoms with Gasteiger partial charge in [-0.25, -0.2) is 0 Å². The zero-order valence-corrected chi connectivity index (χ0v) is 18.8. The molecule has 0 spiro atoms. The Labute approximate surface area is 173 Å². The van der Waals surface area contributed by atoms with Crippen molar-refractivity contribution in [3.05, 3.63) is 11.6 Å². The van der Waals surface area contributed by atoms with Crippen LogP contribution in [0.25, 0.3) is 0 Å². The lowest BCUT2D eigenvalue weighted by molar-refractivity contribution is -0.0512. The Morgan fingerprint density at radius 3 is 2.61 bits per heavy atom. The van der Waals surface area contributed by atoms with E-state index < -0.39 is 0 Å². The third-order valence-corrected chi connectivity index (χ3v) is 10.1. The van der Waals surface area contributed by atoms with E-state index >= 15 is 0 Å². The second-order valence-electron chi connectivity index (χ2n) is 11.7. The van der Waals surface area contributed by atoms with E-state index in [2.05, 4.69) is 33.8 Å². The molecule has 4 aliphatic rings. The van der Waals surface area contributed by atoms with Gasteiger partial charge in [-0.1, -0.05) is 45.8 Å². The van der Waals surface area contributed by atoms with Crippen LogP contribution >= 0.6 is 0 Å². The van der Waals surface area contributed by atoms with E-state index in [0.29, 0.717) is 16.7 Å². The summed E-state index contributed by atoms with van der Waals surface area (Å²) in [7, 11) is 0. The van der Waals surface area contributed by atoms with Gasteiger partial charge in [0.25, 0.3) is 0 Å². The summed E-state index contributed by atoms with van der Waals surface area (Å²) in [6.45, 7) is 9.42. The molecule has 28 heavy (non-hydrogen) atoms. The van der Waals surface area contributed by atoms with Gasteiger partial charge in [-0.2, -0.15) is 0 Å². The molecule has 0 radical (unpaired) electrons. The Morgan fingerprint density at radius 2 is 1.86 bits per heavy atom. The molecule has 0 heterocycles. The van der Waals surface area contributed by atoms with Crippen molar-refractivity contribution in [2.24, 2.45) is 40.4 Å². The predicted molar refractivity (Wildman–Crippen MR) is 116 cm³/mol. The second-order valence-corrected chi connectivity index (χ2v) is 11.7. The van der Waals surface area contributed by atoms with Gasteiger partial charge in [-0.3, -0.25) is 0 Å². The van der Waals surface area contributed by atoms with Crippen LogP contribution in [-0.2, 0) is 0 Å². The Kier molecular flexibility index (Phi) is 5.77. The summed E-state index contributed by atoms with van der Waals surface area (Å²) in [5.41, 5.74) is 2.48. The fourth-order valence-electron chi connectivity index (χ4n) is 8.13. The van der Waals surface area contributed by atoms with E-state index in [1.54, 1.807) is 5.57 Å². The highest BCUT2D eigenvalue weighted by molar-refractivity contribution is 5.25. The quantitative estimate of drug-likeness (QED) is 0.558. The van der Waals surface area contributed by atoms with Gasteiger partial charge >= 0.3 is 0 Å². The zero-order chi connectivity index (χ0) is 20.1. The predicted octanol–water partition coefficient (Wildman–Crippen LogP) is 6.11. The Hall–Kier alpha value is -0.340.